The molecule has 1 rings (SSSR count). The van der Waals surface area contributed by atoms with Gasteiger partial charge in [0, 0.05) is 11.8 Å². The van der Waals surface area contributed by atoms with E-state index < -0.39 is 10.1 Å². The molecule has 5 nitrogen and oxygen atoms in total. The van der Waals surface area contributed by atoms with Crippen molar-refractivity contribution in [2.24, 2.45) is 0 Å². The summed E-state index contributed by atoms with van der Waals surface area (Å²) in [6.07, 6.45) is 0.218. The lowest BCUT2D eigenvalue weighted by Crippen LogP contribution is -2.06. The van der Waals surface area contributed by atoms with E-state index in [0.717, 1.165) is 11.5 Å². The van der Waals surface area contributed by atoms with Gasteiger partial charge in [0.2, 0.25) is 0 Å². The Bertz CT molecular complexity index is 304. The van der Waals surface area contributed by atoms with Crippen LogP contribution in [0.3, 0.4) is 0 Å². The molecule has 0 aromatic carbocycles. The third-order valence-electron chi connectivity index (χ3n) is 1.02. The van der Waals surface area contributed by atoms with Crippen LogP contribution in [0.25, 0.3) is 0 Å². The van der Waals surface area contributed by atoms with Gasteiger partial charge in [0.1, 0.15) is 0 Å². The SMILES string of the molecule is O=S(=O)(O)CCc1csnn1. The molecule has 0 saturated heterocycles. The lowest BCUT2D eigenvalue weighted by atomic mass is 10.4. The maximum Gasteiger partial charge on any atom is 0.265 e. The maximum absolute atomic E-state index is 10.2. The molecule has 11 heavy (non-hydrogen) atoms. The zero-order valence-electron chi connectivity index (χ0n) is 5.47. The van der Waals surface area contributed by atoms with Crippen LogP contribution in [0.1, 0.15) is 5.69 Å². The van der Waals surface area contributed by atoms with Gasteiger partial charge >= 0.3 is 0 Å². The second-order valence-corrected chi connectivity index (χ2v) is 4.11. The Morgan fingerprint density at radius 3 is 2.82 bits per heavy atom. The summed E-state index contributed by atoms with van der Waals surface area (Å²) in [7, 11) is -3.86. The van der Waals surface area contributed by atoms with E-state index in [-0.39, 0.29) is 12.2 Å². The van der Waals surface area contributed by atoms with Crippen molar-refractivity contribution >= 4 is 21.7 Å². The molecule has 1 aromatic heterocycles. The molecule has 1 heterocycles. The van der Waals surface area contributed by atoms with Gasteiger partial charge < -0.3 is 0 Å². The maximum atomic E-state index is 10.2. The smallest absolute Gasteiger partial charge is 0.265 e. The van der Waals surface area contributed by atoms with Gasteiger partial charge in [-0.1, -0.05) is 4.49 Å². The fourth-order valence-corrected chi connectivity index (χ4v) is 1.48. The van der Waals surface area contributed by atoms with Crippen molar-refractivity contribution < 1.29 is 13.0 Å². The van der Waals surface area contributed by atoms with Gasteiger partial charge in [0.25, 0.3) is 10.1 Å². The minimum atomic E-state index is -3.86. The molecule has 0 bridgehead atoms. The number of aromatic nitrogens is 2. The molecule has 0 unspecified atom stereocenters. The van der Waals surface area contributed by atoms with Crippen LogP contribution in [0.2, 0.25) is 0 Å². The lowest BCUT2D eigenvalue weighted by molar-refractivity contribution is 0.482. The Morgan fingerprint density at radius 1 is 1.64 bits per heavy atom. The molecule has 1 aromatic rings. The summed E-state index contributed by atoms with van der Waals surface area (Å²) >= 11 is 1.15. The van der Waals surface area contributed by atoms with Crippen molar-refractivity contribution in [3.05, 3.63) is 11.1 Å². The number of hydrogen-bond donors (Lipinski definition) is 1. The third kappa shape index (κ3) is 3.40. The Hall–Kier alpha value is -0.530. The van der Waals surface area contributed by atoms with E-state index in [1.807, 2.05) is 0 Å². The molecule has 0 amide bonds. The van der Waals surface area contributed by atoms with Crippen molar-refractivity contribution in [1.82, 2.24) is 9.59 Å². The van der Waals surface area contributed by atoms with Crippen molar-refractivity contribution in [2.75, 3.05) is 5.75 Å². The van der Waals surface area contributed by atoms with E-state index in [4.69, 9.17) is 4.55 Å². The average molecular weight is 194 g/mol. The zero-order valence-corrected chi connectivity index (χ0v) is 7.10. The monoisotopic (exact) mass is 194 g/mol. The summed E-state index contributed by atoms with van der Waals surface area (Å²) in [6, 6.07) is 0. The van der Waals surface area contributed by atoms with Crippen molar-refractivity contribution in [1.29, 1.82) is 0 Å². The predicted octanol–water partition coefficient (Wildman–Crippen LogP) is -0.0316. The van der Waals surface area contributed by atoms with E-state index in [9.17, 15) is 8.42 Å². The van der Waals surface area contributed by atoms with Crippen LogP contribution in [0.5, 0.6) is 0 Å². The summed E-state index contributed by atoms with van der Waals surface area (Å²) in [5.74, 6) is -0.293. The fraction of sp³-hybridized carbons (Fsp3) is 0.500. The van der Waals surface area contributed by atoms with Crippen LogP contribution >= 0.6 is 11.5 Å². The predicted molar refractivity (Wildman–Crippen MR) is 40.0 cm³/mol. The van der Waals surface area contributed by atoms with Crippen LogP contribution in [0.15, 0.2) is 5.38 Å². The molecule has 0 fully saturated rings. The zero-order chi connectivity index (χ0) is 8.32. The highest BCUT2D eigenvalue weighted by Gasteiger charge is 2.05. The number of rotatable bonds is 3. The molecule has 0 spiro atoms. The van der Waals surface area contributed by atoms with Gasteiger partial charge in [-0.3, -0.25) is 4.55 Å². The molecule has 0 aliphatic carbocycles. The molecule has 1 N–H and O–H groups in total. The first-order chi connectivity index (χ1) is 5.08. The number of nitrogens with zero attached hydrogens (tertiary/aromatic N) is 2. The van der Waals surface area contributed by atoms with Crippen molar-refractivity contribution in [3.63, 3.8) is 0 Å². The first-order valence-corrected chi connectivity index (χ1v) is 5.23. The molecule has 0 aliphatic heterocycles. The van der Waals surface area contributed by atoms with Gasteiger partial charge in [-0.25, -0.2) is 0 Å². The highest BCUT2D eigenvalue weighted by Crippen LogP contribution is 1.99. The van der Waals surface area contributed by atoms with E-state index in [1.54, 1.807) is 5.38 Å². The molecular weight excluding hydrogens is 188 g/mol. The van der Waals surface area contributed by atoms with Crippen LogP contribution in [-0.4, -0.2) is 28.3 Å². The van der Waals surface area contributed by atoms with E-state index in [1.165, 1.54) is 0 Å². The Kier molecular flexibility index (Phi) is 2.53. The van der Waals surface area contributed by atoms with Crippen molar-refractivity contribution in [2.45, 2.75) is 6.42 Å². The summed E-state index contributed by atoms with van der Waals surface area (Å²) in [4.78, 5) is 0. The molecule has 0 atom stereocenters. The van der Waals surface area contributed by atoms with Crippen LogP contribution in [-0.2, 0) is 16.5 Å². The first-order valence-electron chi connectivity index (χ1n) is 2.79. The Balaban J connectivity index is 2.48. The van der Waals surface area contributed by atoms with E-state index in [0.29, 0.717) is 5.69 Å². The fourth-order valence-electron chi connectivity index (χ4n) is 0.526. The van der Waals surface area contributed by atoms with Gasteiger partial charge in [0.15, 0.2) is 0 Å². The highest BCUT2D eigenvalue weighted by atomic mass is 32.2. The van der Waals surface area contributed by atoms with Crippen LogP contribution < -0.4 is 0 Å². The van der Waals surface area contributed by atoms with E-state index >= 15 is 0 Å². The molecule has 62 valence electrons. The average Bonchev–Trinajstić information content (AvgIpc) is 2.32. The first kappa shape index (κ1) is 8.57. The van der Waals surface area contributed by atoms with Crippen LogP contribution in [0, 0.1) is 0 Å². The summed E-state index contributed by atoms with van der Waals surface area (Å²) in [6.45, 7) is 0. The molecular formula is C4H6N2O3S2. The van der Waals surface area contributed by atoms with Gasteiger partial charge in [-0.05, 0) is 11.5 Å². The summed E-state index contributed by atoms with van der Waals surface area (Å²) < 4.78 is 32.4. The summed E-state index contributed by atoms with van der Waals surface area (Å²) in [5, 5.41) is 5.26. The highest BCUT2D eigenvalue weighted by molar-refractivity contribution is 7.85. The Labute approximate surface area is 68.0 Å². The molecule has 7 heteroatoms. The second-order valence-electron chi connectivity index (χ2n) is 1.93. The lowest BCUT2D eigenvalue weighted by Gasteiger charge is -1.91. The second kappa shape index (κ2) is 3.24. The third-order valence-corrected chi connectivity index (χ3v) is 2.29. The normalized spacial score (nSPS) is 11.7. The molecule has 0 aliphatic rings. The number of hydrogen-bond acceptors (Lipinski definition) is 5. The van der Waals surface area contributed by atoms with Crippen molar-refractivity contribution in [3.8, 4) is 0 Å². The minimum Gasteiger partial charge on any atom is -0.286 e. The van der Waals surface area contributed by atoms with Crippen LogP contribution in [0.4, 0.5) is 0 Å². The summed E-state index contributed by atoms with van der Waals surface area (Å²) in [5.41, 5.74) is 0.590. The quantitative estimate of drug-likeness (QED) is 0.683. The van der Waals surface area contributed by atoms with Gasteiger partial charge in [0.05, 0.1) is 11.4 Å². The topological polar surface area (TPSA) is 80.2 Å². The van der Waals surface area contributed by atoms with E-state index in [2.05, 4.69) is 9.59 Å². The Morgan fingerprint density at radius 2 is 2.36 bits per heavy atom. The largest absolute Gasteiger partial charge is 0.286 e. The van der Waals surface area contributed by atoms with Gasteiger partial charge in [-0.15, -0.1) is 5.10 Å². The molecule has 0 radical (unpaired) electrons. The van der Waals surface area contributed by atoms with Gasteiger partial charge in [-0.2, -0.15) is 8.42 Å². The number of aryl methyl sites for hydroxylation is 1. The minimum absolute atomic E-state index is 0.218. The molecule has 0 saturated carbocycles. The standard InChI is InChI=1S/C4H6N2O3S2/c7-11(8,9)2-1-4-3-10-6-5-4/h3H,1-2H2,(H,7,8,9).